The molecule has 2 unspecified atom stereocenters. The summed E-state index contributed by atoms with van der Waals surface area (Å²) in [4.78, 5) is 42.3. The van der Waals surface area contributed by atoms with E-state index < -0.39 is 63.3 Å². The highest BCUT2D eigenvalue weighted by atomic mass is 32.1. The van der Waals surface area contributed by atoms with Crippen LogP contribution >= 0.6 is 12.2 Å². The van der Waals surface area contributed by atoms with E-state index in [1.165, 1.54) is 16.1 Å². The van der Waals surface area contributed by atoms with Crippen molar-refractivity contribution < 1.29 is 41.4 Å². The summed E-state index contributed by atoms with van der Waals surface area (Å²) < 4.78 is 65.3. The van der Waals surface area contributed by atoms with Crippen molar-refractivity contribution in [1.82, 2.24) is 14.9 Å². The number of ether oxygens (including phenoxy) is 3. The molecule has 0 saturated carbocycles. The molecule has 11 nitrogen and oxygen atoms in total. The fourth-order valence-corrected chi connectivity index (χ4v) is 11.3. The number of amides is 2. The molecule has 16 heteroatoms. The lowest BCUT2D eigenvalue weighted by molar-refractivity contribution is -0.173. The number of carbonyl (C=O) groups excluding carboxylic acids is 2. The Morgan fingerprint density at radius 3 is 2.16 bits per heavy atom. The zero-order chi connectivity index (χ0) is 41.2. The number of nitrogens with one attached hydrogen (secondary N) is 2. The second-order valence-corrected chi connectivity index (χ2v) is 18.5. The van der Waals surface area contributed by atoms with E-state index in [1.807, 2.05) is 36.4 Å². The standard InChI is InChI=1S/C41H43F3N4O7SSi/c1-5-52-35(27-56)55-32-24-34(54-33(32)26-53-57(40(2,3)4,30-19-11-7-12-20-30)31-21-13-8-14-22-31)48-25-29(18-15-23-45-38(50)41(42,43)44)36(47-39(48)51)46-37(49)28-16-9-6-10-17-28/h6-14,16-17,19-22,25,27,32-35H,5,23-24,26H2,1-4H3,(H,45,50)(H,46,47,49,51)/t32?,33-,34-,35?/m1/s1. The number of nitrogens with zero attached hydrogens (tertiary/aromatic N) is 2. The molecule has 1 saturated heterocycles. The number of thiocarbonyl (C=S) groups is 1. The molecular weight excluding hydrogens is 778 g/mol. The van der Waals surface area contributed by atoms with Gasteiger partial charge < -0.3 is 29.3 Å². The van der Waals surface area contributed by atoms with Gasteiger partial charge in [-0.05, 0) is 34.5 Å². The van der Waals surface area contributed by atoms with Crippen LogP contribution in [-0.4, -0.2) is 79.5 Å². The van der Waals surface area contributed by atoms with Gasteiger partial charge in [-0.2, -0.15) is 18.2 Å². The monoisotopic (exact) mass is 820 g/mol. The molecule has 300 valence electrons. The minimum atomic E-state index is -5.11. The molecule has 1 fully saturated rings. The van der Waals surface area contributed by atoms with Crippen molar-refractivity contribution in [3.8, 4) is 11.8 Å². The number of hydrogen-bond acceptors (Lipinski definition) is 9. The molecule has 0 radical (unpaired) electrons. The molecule has 0 aliphatic carbocycles. The minimum Gasteiger partial charge on any atom is -0.405 e. The van der Waals surface area contributed by atoms with Crippen LogP contribution in [0.15, 0.2) is 102 Å². The first-order valence-corrected chi connectivity index (χ1v) is 20.5. The highest BCUT2D eigenvalue weighted by Crippen LogP contribution is 2.38. The molecule has 2 amide bonds. The van der Waals surface area contributed by atoms with Crippen molar-refractivity contribution in [3.05, 3.63) is 119 Å². The molecule has 0 spiro atoms. The predicted octanol–water partition coefficient (Wildman–Crippen LogP) is 5.14. The van der Waals surface area contributed by atoms with Crippen LogP contribution in [0.2, 0.25) is 5.04 Å². The van der Waals surface area contributed by atoms with E-state index in [0.717, 1.165) is 10.4 Å². The van der Waals surface area contributed by atoms with Gasteiger partial charge in [0.05, 0.1) is 24.8 Å². The normalized spacial score (nSPS) is 17.6. The van der Waals surface area contributed by atoms with E-state index >= 15 is 0 Å². The van der Waals surface area contributed by atoms with Gasteiger partial charge in [-0.3, -0.25) is 14.2 Å². The van der Waals surface area contributed by atoms with Crippen LogP contribution in [0.4, 0.5) is 19.0 Å². The van der Waals surface area contributed by atoms with Crippen LogP contribution in [-0.2, 0) is 23.4 Å². The molecule has 2 N–H and O–H groups in total. The van der Waals surface area contributed by atoms with E-state index in [9.17, 15) is 27.6 Å². The second-order valence-electron chi connectivity index (χ2n) is 14.0. The summed E-state index contributed by atoms with van der Waals surface area (Å²) in [5, 5.41) is 7.32. The Hall–Kier alpha value is -5.02. The third-order valence-electron chi connectivity index (χ3n) is 9.16. The fourth-order valence-electron chi connectivity index (χ4n) is 6.58. The number of carbonyl (C=O) groups is 2. The topological polar surface area (TPSA) is 130 Å². The minimum absolute atomic E-state index is 0.0284. The van der Waals surface area contributed by atoms with Crippen molar-refractivity contribution in [3.63, 3.8) is 0 Å². The van der Waals surface area contributed by atoms with E-state index in [1.54, 1.807) is 42.6 Å². The molecule has 4 atom stereocenters. The summed E-state index contributed by atoms with van der Waals surface area (Å²) in [6.45, 7) is 7.90. The van der Waals surface area contributed by atoms with Gasteiger partial charge in [0.1, 0.15) is 12.3 Å². The summed E-state index contributed by atoms with van der Waals surface area (Å²) >= 11 is 5.20. The lowest BCUT2D eigenvalue weighted by Gasteiger charge is -2.43. The first kappa shape index (κ1) is 43.1. The van der Waals surface area contributed by atoms with E-state index in [0.29, 0.717) is 6.61 Å². The molecule has 1 aromatic heterocycles. The predicted molar refractivity (Wildman–Crippen MR) is 215 cm³/mol. The van der Waals surface area contributed by atoms with E-state index in [-0.39, 0.29) is 35.0 Å². The Balaban J connectivity index is 1.52. The van der Waals surface area contributed by atoms with Gasteiger partial charge in [-0.15, -0.1) is 0 Å². The Labute approximate surface area is 335 Å². The maximum Gasteiger partial charge on any atom is 0.471 e. The van der Waals surface area contributed by atoms with Crippen molar-refractivity contribution in [1.29, 1.82) is 0 Å². The van der Waals surface area contributed by atoms with Gasteiger partial charge in [-0.25, -0.2) is 4.79 Å². The van der Waals surface area contributed by atoms with Crippen LogP contribution in [0.3, 0.4) is 0 Å². The Morgan fingerprint density at radius 1 is 1.02 bits per heavy atom. The Kier molecular flexibility index (Phi) is 14.3. The molecule has 1 aliphatic rings. The fraction of sp³-hybridized carbons (Fsp3) is 0.341. The molecule has 2 heterocycles. The molecule has 57 heavy (non-hydrogen) atoms. The number of hydrogen-bond donors (Lipinski definition) is 2. The highest BCUT2D eigenvalue weighted by molar-refractivity contribution is 7.79. The number of anilines is 1. The average molecular weight is 821 g/mol. The highest BCUT2D eigenvalue weighted by Gasteiger charge is 2.51. The summed E-state index contributed by atoms with van der Waals surface area (Å²) in [6, 6.07) is 28.2. The average Bonchev–Trinajstić information content (AvgIpc) is 3.59. The smallest absolute Gasteiger partial charge is 0.405 e. The van der Waals surface area contributed by atoms with Crippen molar-refractivity contribution in [2.24, 2.45) is 0 Å². The Bertz CT molecular complexity index is 2090. The van der Waals surface area contributed by atoms with Crippen LogP contribution in [0, 0.1) is 11.8 Å². The number of rotatable bonds is 14. The molecule has 3 aromatic carbocycles. The lowest BCUT2D eigenvalue weighted by atomic mass is 10.2. The quantitative estimate of drug-likeness (QED) is 0.0770. The molecular formula is C41H43F3N4O7SSi. The van der Waals surface area contributed by atoms with Gasteiger partial charge in [0.15, 0.2) is 12.1 Å². The largest absolute Gasteiger partial charge is 0.471 e. The molecule has 1 aliphatic heterocycles. The zero-order valence-corrected chi connectivity index (χ0v) is 33.6. The van der Waals surface area contributed by atoms with Crippen molar-refractivity contribution in [2.75, 3.05) is 25.1 Å². The SMILES string of the molecule is CCOC(C=S)OC1C[C@H](n2cc(C#CCNC(=O)C(F)(F)F)c(NC(=O)c3ccccc3)nc2=O)O[C@@H]1CO[Si](c1ccccc1)(c1ccccc1)C(C)(C)C. The first-order valence-electron chi connectivity index (χ1n) is 18.1. The summed E-state index contributed by atoms with van der Waals surface area (Å²) in [5.41, 5.74) is -0.591. The molecule has 5 rings (SSSR count). The number of halogens is 3. The van der Waals surface area contributed by atoms with Crippen LogP contribution < -0.4 is 26.7 Å². The summed E-state index contributed by atoms with van der Waals surface area (Å²) in [5.74, 6) is 2.05. The number of alkyl halides is 3. The van der Waals surface area contributed by atoms with Crippen molar-refractivity contribution in [2.45, 2.75) is 70.1 Å². The summed E-state index contributed by atoms with van der Waals surface area (Å²) in [6.07, 6.45) is -7.06. The van der Waals surface area contributed by atoms with Crippen LogP contribution in [0.25, 0.3) is 0 Å². The van der Waals surface area contributed by atoms with Gasteiger partial charge >= 0.3 is 17.8 Å². The van der Waals surface area contributed by atoms with Gasteiger partial charge in [-0.1, -0.05) is 124 Å². The van der Waals surface area contributed by atoms with Gasteiger partial charge in [0, 0.05) is 30.2 Å². The maximum absolute atomic E-state index is 13.7. The van der Waals surface area contributed by atoms with Gasteiger partial charge in [0.25, 0.3) is 14.2 Å². The van der Waals surface area contributed by atoms with Crippen LogP contribution in [0.5, 0.6) is 0 Å². The maximum atomic E-state index is 13.7. The number of aromatic nitrogens is 2. The molecule has 4 aromatic rings. The first-order chi connectivity index (χ1) is 27.2. The van der Waals surface area contributed by atoms with E-state index in [2.05, 4.69) is 67.2 Å². The third kappa shape index (κ3) is 10.5. The molecule has 0 bridgehead atoms. The van der Waals surface area contributed by atoms with Gasteiger partial charge in [0.2, 0.25) is 0 Å². The zero-order valence-electron chi connectivity index (χ0n) is 31.7. The lowest BCUT2D eigenvalue weighted by Crippen LogP contribution is -2.67. The second kappa shape index (κ2) is 18.9. The summed E-state index contributed by atoms with van der Waals surface area (Å²) in [7, 11) is -3.06. The van der Waals surface area contributed by atoms with E-state index in [4.69, 9.17) is 30.9 Å². The third-order valence-corrected chi connectivity index (χ3v) is 14.4. The van der Waals surface area contributed by atoms with Crippen LogP contribution in [0.1, 0.15) is 56.3 Å². The van der Waals surface area contributed by atoms with Crippen molar-refractivity contribution >= 4 is 53.9 Å². The number of benzene rings is 3. The Morgan fingerprint density at radius 2 is 1.61 bits per heavy atom.